The predicted octanol–water partition coefficient (Wildman–Crippen LogP) is 3.64. The second-order valence-corrected chi connectivity index (χ2v) is 5.15. The summed E-state index contributed by atoms with van der Waals surface area (Å²) in [7, 11) is 0. The third-order valence-electron chi connectivity index (χ3n) is 2.85. The van der Waals surface area contributed by atoms with Crippen LogP contribution in [0.25, 0.3) is 0 Å². The SMILES string of the molecule is Fc1cnccc1C1CCCC(Br)C1. The van der Waals surface area contributed by atoms with E-state index in [1.165, 1.54) is 19.0 Å². The van der Waals surface area contributed by atoms with Gasteiger partial charge in [0.05, 0.1) is 6.20 Å². The Morgan fingerprint density at radius 2 is 2.29 bits per heavy atom. The molecule has 76 valence electrons. The number of alkyl halides is 1. The quantitative estimate of drug-likeness (QED) is 0.701. The Morgan fingerprint density at radius 3 is 3.00 bits per heavy atom. The lowest BCUT2D eigenvalue weighted by atomic mass is 9.84. The standard InChI is InChI=1S/C11H13BrFN/c12-9-3-1-2-8(6-9)10-4-5-14-7-11(10)13/h4-5,7-9H,1-3,6H2. The molecule has 1 aromatic rings. The first-order valence-corrected chi connectivity index (χ1v) is 5.92. The van der Waals surface area contributed by atoms with E-state index in [2.05, 4.69) is 20.9 Å². The van der Waals surface area contributed by atoms with E-state index in [0.717, 1.165) is 18.4 Å². The zero-order valence-electron chi connectivity index (χ0n) is 7.92. The van der Waals surface area contributed by atoms with Gasteiger partial charge in [0.2, 0.25) is 0 Å². The van der Waals surface area contributed by atoms with E-state index in [-0.39, 0.29) is 5.82 Å². The van der Waals surface area contributed by atoms with E-state index in [1.54, 1.807) is 6.20 Å². The highest BCUT2D eigenvalue weighted by molar-refractivity contribution is 9.09. The molecule has 0 saturated heterocycles. The molecule has 3 heteroatoms. The van der Waals surface area contributed by atoms with Crippen molar-refractivity contribution >= 4 is 15.9 Å². The van der Waals surface area contributed by atoms with Gasteiger partial charge in [-0.15, -0.1) is 0 Å². The highest BCUT2D eigenvalue weighted by Crippen LogP contribution is 2.36. The van der Waals surface area contributed by atoms with Crippen LogP contribution in [0.4, 0.5) is 4.39 Å². The molecule has 14 heavy (non-hydrogen) atoms. The summed E-state index contributed by atoms with van der Waals surface area (Å²) in [6.07, 6.45) is 7.53. The molecule has 0 aromatic carbocycles. The summed E-state index contributed by atoms with van der Waals surface area (Å²) >= 11 is 3.61. The zero-order valence-corrected chi connectivity index (χ0v) is 9.50. The predicted molar refractivity (Wildman–Crippen MR) is 58.1 cm³/mol. The number of aromatic nitrogens is 1. The molecule has 1 heterocycles. The van der Waals surface area contributed by atoms with Crippen molar-refractivity contribution in [3.63, 3.8) is 0 Å². The Kier molecular flexibility index (Phi) is 3.16. The Hall–Kier alpha value is -0.440. The number of halogens is 2. The van der Waals surface area contributed by atoms with Crippen LogP contribution in [0.2, 0.25) is 0 Å². The molecule has 1 aromatic heterocycles. The van der Waals surface area contributed by atoms with E-state index in [9.17, 15) is 4.39 Å². The summed E-state index contributed by atoms with van der Waals surface area (Å²) in [4.78, 5) is 4.32. The summed E-state index contributed by atoms with van der Waals surface area (Å²) in [5.41, 5.74) is 0.837. The highest BCUT2D eigenvalue weighted by atomic mass is 79.9. The summed E-state index contributed by atoms with van der Waals surface area (Å²) in [6.45, 7) is 0. The zero-order chi connectivity index (χ0) is 9.97. The maximum absolute atomic E-state index is 13.4. The van der Waals surface area contributed by atoms with Crippen LogP contribution in [-0.2, 0) is 0 Å². The fourth-order valence-corrected chi connectivity index (χ4v) is 2.90. The van der Waals surface area contributed by atoms with Gasteiger partial charge in [-0.25, -0.2) is 4.39 Å². The van der Waals surface area contributed by atoms with Gasteiger partial charge in [0.15, 0.2) is 0 Å². The first-order valence-electron chi connectivity index (χ1n) is 5.01. The van der Waals surface area contributed by atoms with Crippen LogP contribution >= 0.6 is 15.9 Å². The summed E-state index contributed by atoms with van der Waals surface area (Å²) in [5, 5.41) is 0. The summed E-state index contributed by atoms with van der Waals surface area (Å²) in [5.74, 6) is 0.218. The average molecular weight is 258 g/mol. The average Bonchev–Trinajstić information content (AvgIpc) is 2.18. The molecule has 1 saturated carbocycles. The molecular weight excluding hydrogens is 245 g/mol. The van der Waals surface area contributed by atoms with E-state index in [1.807, 2.05) is 6.07 Å². The Labute approximate surface area is 91.9 Å². The fraction of sp³-hybridized carbons (Fsp3) is 0.545. The van der Waals surface area contributed by atoms with Crippen molar-refractivity contribution in [2.24, 2.45) is 0 Å². The second kappa shape index (κ2) is 4.39. The first-order chi connectivity index (χ1) is 6.77. The second-order valence-electron chi connectivity index (χ2n) is 3.86. The van der Waals surface area contributed by atoms with Crippen LogP contribution in [0.15, 0.2) is 18.5 Å². The maximum atomic E-state index is 13.4. The molecule has 0 bridgehead atoms. The topological polar surface area (TPSA) is 12.9 Å². The minimum absolute atomic E-state index is 0.154. The third kappa shape index (κ3) is 2.14. The number of pyridine rings is 1. The van der Waals surface area contributed by atoms with Gasteiger partial charge >= 0.3 is 0 Å². The lowest BCUT2D eigenvalue weighted by Gasteiger charge is -2.25. The van der Waals surface area contributed by atoms with Crippen molar-refractivity contribution in [1.29, 1.82) is 0 Å². The molecule has 0 spiro atoms. The lowest BCUT2D eigenvalue weighted by molar-refractivity contribution is 0.441. The molecule has 1 nitrogen and oxygen atoms in total. The van der Waals surface area contributed by atoms with Gasteiger partial charge in [0.25, 0.3) is 0 Å². The van der Waals surface area contributed by atoms with E-state index in [0.29, 0.717) is 10.7 Å². The van der Waals surface area contributed by atoms with Crippen LogP contribution < -0.4 is 0 Å². The lowest BCUT2D eigenvalue weighted by Crippen LogP contribution is -2.14. The molecule has 0 aliphatic heterocycles. The molecule has 2 rings (SSSR count). The van der Waals surface area contributed by atoms with E-state index < -0.39 is 0 Å². The number of rotatable bonds is 1. The van der Waals surface area contributed by atoms with Crippen molar-refractivity contribution in [2.75, 3.05) is 0 Å². The molecular formula is C11H13BrFN. The highest BCUT2D eigenvalue weighted by Gasteiger charge is 2.23. The Bertz CT molecular complexity index is 316. The van der Waals surface area contributed by atoms with Crippen molar-refractivity contribution in [1.82, 2.24) is 4.98 Å². The number of nitrogens with zero attached hydrogens (tertiary/aromatic N) is 1. The van der Waals surface area contributed by atoms with Gasteiger partial charge < -0.3 is 0 Å². The minimum Gasteiger partial charge on any atom is -0.262 e. The monoisotopic (exact) mass is 257 g/mol. The van der Waals surface area contributed by atoms with Crippen molar-refractivity contribution in [2.45, 2.75) is 36.4 Å². The van der Waals surface area contributed by atoms with Crippen molar-refractivity contribution in [3.05, 3.63) is 29.8 Å². The summed E-state index contributed by atoms with van der Waals surface area (Å²) < 4.78 is 13.4. The van der Waals surface area contributed by atoms with Gasteiger partial charge in [-0.05, 0) is 36.8 Å². The van der Waals surface area contributed by atoms with Crippen LogP contribution in [0, 0.1) is 5.82 Å². The molecule has 2 unspecified atom stereocenters. The van der Waals surface area contributed by atoms with E-state index in [4.69, 9.17) is 0 Å². The molecule has 0 N–H and O–H groups in total. The van der Waals surface area contributed by atoms with Crippen LogP contribution in [-0.4, -0.2) is 9.81 Å². The Balaban J connectivity index is 2.18. The van der Waals surface area contributed by atoms with E-state index >= 15 is 0 Å². The molecule has 1 aliphatic carbocycles. The van der Waals surface area contributed by atoms with Gasteiger partial charge in [-0.1, -0.05) is 22.4 Å². The van der Waals surface area contributed by atoms with Gasteiger partial charge in [-0.3, -0.25) is 4.98 Å². The van der Waals surface area contributed by atoms with Crippen molar-refractivity contribution in [3.8, 4) is 0 Å². The van der Waals surface area contributed by atoms with Gasteiger partial charge in [0, 0.05) is 11.0 Å². The Morgan fingerprint density at radius 1 is 1.43 bits per heavy atom. The van der Waals surface area contributed by atoms with Gasteiger partial charge in [-0.2, -0.15) is 0 Å². The summed E-state index contributed by atoms with van der Waals surface area (Å²) in [6, 6.07) is 1.81. The molecule has 0 radical (unpaired) electrons. The van der Waals surface area contributed by atoms with Gasteiger partial charge in [0.1, 0.15) is 5.82 Å². The maximum Gasteiger partial charge on any atom is 0.144 e. The molecule has 0 amide bonds. The molecule has 2 atom stereocenters. The first kappa shape index (κ1) is 10.1. The largest absolute Gasteiger partial charge is 0.262 e. The fourth-order valence-electron chi connectivity index (χ4n) is 2.13. The smallest absolute Gasteiger partial charge is 0.144 e. The van der Waals surface area contributed by atoms with Crippen LogP contribution in [0.3, 0.4) is 0 Å². The third-order valence-corrected chi connectivity index (χ3v) is 3.69. The molecule has 1 fully saturated rings. The normalized spacial score (nSPS) is 27.6. The van der Waals surface area contributed by atoms with Crippen LogP contribution in [0.1, 0.15) is 37.2 Å². The minimum atomic E-state index is -0.154. The molecule has 1 aliphatic rings. The van der Waals surface area contributed by atoms with Crippen LogP contribution in [0.5, 0.6) is 0 Å². The number of hydrogen-bond donors (Lipinski definition) is 0. The number of hydrogen-bond acceptors (Lipinski definition) is 1. The van der Waals surface area contributed by atoms with Crippen molar-refractivity contribution < 1.29 is 4.39 Å².